The largest absolute Gasteiger partial charge is 0.352 e. The monoisotopic (exact) mass is 566 g/mol. The molecule has 0 saturated carbocycles. The van der Waals surface area contributed by atoms with Gasteiger partial charge < -0.3 is 10.2 Å². The smallest absolute Gasteiger partial charge is 0.238 e. The van der Waals surface area contributed by atoms with E-state index in [9.17, 15) is 14.4 Å². The van der Waals surface area contributed by atoms with Crippen LogP contribution < -0.4 is 10.2 Å². The van der Waals surface area contributed by atoms with Gasteiger partial charge in [0.1, 0.15) is 11.5 Å². The predicted molar refractivity (Wildman–Crippen MR) is 171 cm³/mol. The number of Topliss-reactive ketones (excluding diaryl/α,β-unsaturated/α-hetero) is 2. The Morgan fingerprint density at radius 2 is 1.56 bits per heavy atom. The highest BCUT2D eigenvalue weighted by Gasteiger charge is 2.70. The molecule has 0 unspecified atom stereocenters. The first-order valence-electron chi connectivity index (χ1n) is 15.0. The Balaban J connectivity index is 1.49. The SMILES string of the molecule is Cc1ccc2c(c1)C=C[C@@H]1N2[C@H](C(=O)c2ccccc2)[C@H](C(=O)c2ccc(CC(C)C)cc2)[C@@]12C(=O)Nc1ccccc12. The average molecular weight is 567 g/mol. The molecule has 7 rings (SSSR count). The number of aryl methyl sites for hydroxylation is 1. The standard InChI is InChI=1S/C38H34N2O3/c1-23(2)21-25-14-16-27(17-15-25)35(41)33-34(36(42)26-9-5-4-6-10-26)40-31-19-13-24(3)22-28(31)18-20-32(40)38(33)29-11-7-8-12-30(29)39-37(38)43/h4-20,22-23,32-34H,21H2,1-3H3,(H,39,43)/t32-,33+,34-,38-/m0/s1. The van der Waals surface area contributed by atoms with Gasteiger partial charge >= 0.3 is 0 Å². The van der Waals surface area contributed by atoms with Crippen molar-refractivity contribution < 1.29 is 14.4 Å². The number of amides is 1. The van der Waals surface area contributed by atoms with Crippen LogP contribution in [0.15, 0.2) is 103 Å². The lowest BCUT2D eigenvalue weighted by molar-refractivity contribution is -0.121. The lowest BCUT2D eigenvalue weighted by atomic mass is 9.64. The van der Waals surface area contributed by atoms with Crippen LogP contribution in [0, 0.1) is 18.8 Å². The zero-order valence-corrected chi connectivity index (χ0v) is 24.6. The molecule has 3 aliphatic rings. The van der Waals surface area contributed by atoms with Gasteiger partial charge in [0.25, 0.3) is 0 Å². The Morgan fingerprint density at radius 1 is 0.860 bits per heavy atom. The van der Waals surface area contributed by atoms with Crippen LogP contribution in [-0.2, 0) is 16.6 Å². The van der Waals surface area contributed by atoms with Crippen molar-refractivity contribution in [1.82, 2.24) is 0 Å². The van der Waals surface area contributed by atoms with Crippen LogP contribution in [0.1, 0.15) is 56.8 Å². The molecule has 3 aliphatic heterocycles. The highest BCUT2D eigenvalue weighted by atomic mass is 16.2. The first-order chi connectivity index (χ1) is 20.8. The summed E-state index contributed by atoms with van der Waals surface area (Å²) in [5.41, 5.74) is 5.23. The molecule has 1 amide bonds. The van der Waals surface area contributed by atoms with Crippen LogP contribution >= 0.6 is 0 Å². The number of anilines is 2. The number of fused-ring (bicyclic) bond motifs is 6. The minimum atomic E-state index is -1.31. The molecule has 0 bridgehead atoms. The second-order valence-electron chi connectivity index (χ2n) is 12.5. The maximum absolute atomic E-state index is 15.0. The van der Waals surface area contributed by atoms with Crippen molar-refractivity contribution in [1.29, 1.82) is 0 Å². The third-order valence-corrected chi connectivity index (χ3v) is 9.28. The molecule has 43 heavy (non-hydrogen) atoms. The lowest BCUT2D eigenvalue weighted by Gasteiger charge is -2.37. The van der Waals surface area contributed by atoms with E-state index in [-0.39, 0.29) is 17.5 Å². The molecule has 3 heterocycles. The molecule has 0 radical (unpaired) electrons. The summed E-state index contributed by atoms with van der Waals surface area (Å²) in [7, 11) is 0. The van der Waals surface area contributed by atoms with Crippen molar-refractivity contribution in [3.8, 4) is 0 Å². The number of rotatable bonds is 6. The van der Waals surface area contributed by atoms with Gasteiger partial charge in [-0.25, -0.2) is 0 Å². The Hall–Kier alpha value is -4.77. The summed E-state index contributed by atoms with van der Waals surface area (Å²) in [5, 5.41) is 3.10. The van der Waals surface area contributed by atoms with Gasteiger partial charge in [0.2, 0.25) is 5.91 Å². The molecule has 5 heteroatoms. The maximum Gasteiger partial charge on any atom is 0.238 e. The molecule has 4 atom stereocenters. The minimum absolute atomic E-state index is 0.170. The first kappa shape index (κ1) is 27.1. The molecule has 0 aromatic heterocycles. The molecule has 1 saturated heterocycles. The summed E-state index contributed by atoms with van der Waals surface area (Å²) >= 11 is 0. The molecule has 5 nitrogen and oxygen atoms in total. The van der Waals surface area contributed by atoms with Gasteiger partial charge in [-0.2, -0.15) is 0 Å². The van der Waals surface area contributed by atoms with Crippen molar-refractivity contribution in [2.24, 2.45) is 11.8 Å². The zero-order chi connectivity index (χ0) is 29.9. The summed E-state index contributed by atoms with van der Waals surface area (Å²) < 4.78 is 0. The number of para-hydroxylation sites is 1. The number of hydrogen-bond acceptors (Lipinski definition) is 4. The molecular formula is C38H34N2O3. The van der Waals surface area contributed by atoms with E-state index in [0.717, 1.165) is 34.4 Å². The third kappa shape index (κ3) is 4.09. The summed E-state index contributed by atoms with van der Waals surface area (Å²) in [6, 6.07) is 29.2. The van der Waals surface area contributed by atoms with E-state index in [2.05, 4.69) is 30.1 Å². The first-order valence-corrected chi connectivity index (χ1v) is 15.0. The number of nitrogens with zero attached hydrogens (tertiary/aromatic N) is 1. The normalized spacial score (nSPS) is 23.2. The van der Waals surface area contributed by atoms with Crippen LogP contribution in [0.3, 0.4) is 0 Å². The Bertz CT molecular complexity index is 1790. The van der Waals surface area contributed by atoms with Crippen LogP contribution in [0.2, 0.25) is 0 Å². The van der Waals surface area contributed by atoms with Crippen molar-refractivity contribution in [2.45, 2.75) is 44.7 Å². The summed E-state index contributed by atoms with van der Waals surface area (Å²) in [6.07, 6.45) is 4.97. The molecule has 4 aromatic rings. The summed E-state index contributed by atoms with van der Waals surface area (Å²) in [5.74, 6) is -1.11. The fourth-order valence-corrected chi connectivity index (χ4v) is 7.53. The highest BCUT2D eigenvalue weighted by molar-refractivity contribution is 6.18. The summed E-state index contributed by atoms with van der Waals surface area (Å²) in [6.45, 7) is 6.37. The number of hydrogen-bond donors (Lipinski definition) is 1. The van der Waals surface area contributed by atoms with E-state index in [0.29, 0.717) is 22.7 Å². The van der Waals surface area contributed by atoms with Gasteiger partial charge in [0.15, 0.2) is 11.6 Å². The van der Waals surface area contributed by atoms with Gasteiger partial charge in [0.05, 0.1) is 12.0 Å². The van der Waals surface area contributed by atoms with E-state index in [1.807, 2.05) is 97.9 Å². The van der Waals surface area contributed by atoms with Gasteiger partial charge in [-0.1, -0.05) is 110 Å². The maximum atomic E-state index is 15.0. The highest BCUT2D eigenvalue weighted by Crippen LogP contribution is 2.58. The van der Waals surface area contributed by atoms with Crippen LogP contribution in [0.5, 0.6) is 0 Å². The van der Waals surface area contributed by atoms with E-state index in [1.165, 1.54) is 0 Å². The Kier molecular flexibility index (Phi) is 6.42. The second kappa shape index (κ2) is 10.2. The second-order valence-corrected chi connectivity index (χ2v) is 12.5. The molecule has 1 N–H and O–H groups in total. The van der Waals surface area contributed by atoms with Crippen molar-refractivity contribution in [3.63, 3.8) is 0 Å². The van der Waals surface area contributed by atoms with E-state index >= 15 is 0 Å². The molecule has 1 fully saturated rings. The van der Waals surface area contributed by atoms with Crippen molar-refractivity contribution in [2.75, 3.05) is 10.2 Å². The van der Waals surface area contributed by atoms with Crippen molar-refractivity contribution in [3.05, 3.63) is 137 Å². The molecule has 4 aromatic carbocycles. The zero-order valence-electron chi connectivity index (χ0n) is 24.6. The fourth-order valence-electron chi connectivity index (χ4n) is 7.53. The third-order valence-electron chi connectivity index (χ3n) is 9.28. The quantitative estimate of drug-likeness (QED) is 0.254. The van der Waals surface area contributed by atoms with Gasteiger partial charge in [0, 0.05) is 22.5 Å². The topological polar surface area (TPSA) is 66.5 Å². The fraction of sp³-hybridized carbons (Fsp3) is 0.237. The Labute approximate surface area is 252 Å². The Morgan fingerprint density at radius 3 is 2.30 bits per heavy atom. The van der Waals surface area contributed by atoms with Crippen LogP contribution in [0.25, 0.3) is 6.08 Å². The van der Waals surface area contributed by atoms with Crippen molar-refractivity contribution >= 4 is 34.9 Å². The number of nitrogens with one attached hydrogen (secondary N) is 1. The molecule has 1 spiro atoms. The number of ketones is 2. The van der Waals surface area contributed by atoms with E-state index in [1.54, 1.807) is 12.1 Å². The molecular weight excluding hydrogens is 532 g/mol. The molecule has 214 valence electrons. The van der Waals surface area contributed by atoms with Crippen LogP contribution in [0.4, 0.5) is 11.4 Å². The number of benzene rings is 4. The van der Waals surface area contributed by atoms with Crippen LogP contribution in [-0.4, -0.2) is 29.6 Å². The minimum Gasteiger partial charge on any atom is -0.352 e. The summed E-state index contributed by atoms with van der Waals surface area (Å²) in [4.78, 5) is 46.2. The van der Waals surface area contributed by atoms with Gasteiger partial charge in [-0.15, -0.1) is 0 Å². The number of carbonyl (C=O) groups is 3. The van der Waals surface area contributed by atoms with Gasteiger partial charge in [-0.3, -0.25) is 14.4 Å². The molecule has 0 aliphatic carbocycles. The predicted octanol–water partition coefficient (Wildman–Crippen LogP) is 7.05. The average Bonchev–Trinajstić information content (AvgIpc) is 3.49. The number of carbonyl (C=O) groups excluding carboxylic acids is 3. The van der Waals surface area contributed by atoms with E-state index < -0.39 is 23.4 Å². The van der Waals surface area contributed by atoms with Gasteiger partial charge in [-0.05, 0) is 54.2 Å². The van der Waals surface area contributed by atoms with E-state index in [4.69, 9.17) is 0 Å². The lowest BCUT2D eigenvalue weighted by Crippen LogP contribution is -2.51.